The van der Waals surface area contributed by atoms with Crippen LogP contribution in [0.25, 0.3) is 0 Å². The third-order valence-electron chi connectivity index (χ3n) is 2.36. The predicted octanol–water partition coefficient (Wildman–Crippen LogP) is 1.78. The Kier molecular flexibility index (Phi) is 4.64. The number of benzene rings is 1. The first-order valence-corrected chi connectivity index (χ1v) is 6.04. The van der Waals surface area contributed by atoms with Crippen LogP contribution < -0.4 is 10.6 Å². The second kappa shape index (κ2) is 5.82. The number of hydrogen-bond acceptors (Lipinski definition) is 2. The number of rotatable bonds is 3. The van der Waals surface area contributed by atoms with Gasteiger partial charge < -0.3 is 10.6 Å². The normalized spacial score (nSPS) is 11.0. The standard InChI is InChI=1S/C14H19FN2O2/c1-9-7-10(15)5-6-11(9)13(19)16-8-12(18)17-14(2,3)4/h5-7H,8H2,1-4H3,(H,16,19)(H,17,18). The number of nitrogens with one attached hydrogen (secondary N) is 2. The van der Waals surface area contributed by atoms with Crippen molar-refractivity contribution in [1.29, 1.82) is 0 Å². The van der Waals surface area contributed by atoms with E-state index >= 15 is 0 Å². The van der Waals surface area contributed by atoms with Crippen molar-refractivity contribution in [3.8, 4) is 0 Å². The van der Waals surface area contributed by atoms with E-state index in [-0.39, 0.29) is 29.7 Å². The average Bonchev–Trinajstić information content (AvgIpc) is 2.23. The summed E-state index contributed by atoms with van der Waals surface area (Å²) >= 11 is 0. The van der Waals surface area contributed by atoms with Gasteiger partial charge >= 0.3 is 0 Å². The zero-order valence-electron chi connectivity index (χ0n) is 11.6. The lowest BCUT2D eigenvalue weighted by Crippen LogP contribution is -2.45. The first-order chi connectivity index (χ1) is 8.69. The van der Waals surface area contributed by atoms with Crippen LogP contribution in [0.15, 0.2) is 18.2 Å². The van der Waals surface area contributed by atoms with Crippen LogP contribution >= 0.6 is 0 Å². The molecular weight excluding hydrogens is 247 g/mol. The second-order valence-electron chi connectivity index (χ2n) is 5.44. The molecule has 1 aromatic carbocycles. The number of carbonyl (C=O) groups is 2. The highest BCUT2D eigenvalue weighted by Gasteiger charge is 2.15. The van der Waals surface area contributed by atoms with Gasteiger partial charge in [-0.3, -0.25) is 9.59 Å². The molecule has 0 saturated heterocycles. The Morgan fingerprint density at radius 1 is 1.26 bits per heavy atom. The molecule has 2 amide bonds. The van der Waals surface area contributed by atoms with Crippen LogP contribution in [0.1, 0.15) is 36.7 Å². The fraction of sp³-hybridized carbons (Fsp3) is 0.429. The van der Waals surface area contributed by atoms with Gasteiger partial charge in [0.15, 0.2) is 0 Å². The third-order valence-corrected chi connectivity index (χ3v) is 2.36. The molecule has 0 spiro atoms. The Bertz CT molecular complexity index is 493. The molecule has 0 aliphatic rings. The Labute approximate surface area is 112 Å². The van der Waals surface area contributed by atoms with Crippen LogP contribution in [-0.4, -0.2) is 23.9 Å². The van der Waals surface area contributed by atoms with Crippen molar-refractivity contribution >= 4 is 11.8 Å². The van der Waals surface area contributed by atoms with E-state index in [1.54, 1.807) is 6.92 Å². The molecule has 0 aliphatic heterocycles. The fourth-order valence-electron chi connectivity index (χ4n) is 1.60. The summed E-state index contributed by atoms with van der Waals surface area (Å²) in [6.45, 7) is 7.12. The van der Waals surface area contributed by atoms with E-state index in [0.29, 0.717) is 11.1 Å². The van der Waals surface area contributed by atoms with E-state index < -0.39 is 0 Å². The minimum absolute atomic E-state index is 0.104. The fourth-order valence-corrected chi connectivity index (χ4v) is 1.60. The molecule has 0 unspecified atom stereocenters. The molecule has 1 aromatic rings. The lowest BCUT2D eigenvalue weighted by atomic mass is 10.1. The van der Waals surface area contributed by atoms with Crippen molar-refractivity contribution in [3.63, 3.8) is 0 Å². The van der Waals surface area contributed by atoms with Crippen LogP contribution in [0.4, 0.5) is 4.39 Å². The van der Waals surface area contributed by atoms with E-state index in [9.17, 15) is 14.0 Å². The molecule has 0 aromatic heterocycles. The summed E-state index contributed by atoms with van der Waals surface area (Å²) < 4.78 is 12.9. The summed E-state index contributed by atoms with van der Waals surface area (Å²) in [7, 11) is 0. The van der Waals surface area contributed by atoms with Gasteiger partial charge in [-0.2, -0.15) is 0 Å². The van der Waals surface area contributed by atoms with Crippen LogP contribution in [0.3, 0.4) is 0 Å². The van der Waals surface area contributed by atoms with Crippen LogP contribution in [-0.2, 0) is 4.79 Å². The molecule has 0 saturated carbocycles. The van der Waals surface area contributed by atoms with Gasteiger partial charge in [-0.15, -0.1) is 0 Å². The molecule has 0 radical (unpaired) electrons. The average molecular weight is 266 g/mol. The smallest absolute Gasteiger partial charge is 0.251 e. The molecule has 0 bridgehead atoms. The van der Waals surface area contributed by atoms with Gasteiger partial charge in [-0.25, -0.2) is 4.39 Å². The Morgan fingerprint density at radius 2 is 1.89 bits per heavy atom. The largest absolute Gasteiger partial charge is 0.350 e. The molecule has 4 nitrogen and oxygen atoms in total. The minimum atomic E-state index is -0.389. The lowest BCUT2D eigenvalue weighted by Gasteiger charge is -2.20. The van der Waals surface area contributed by atoms with Crippen LogP contribution in [0.2, 0.25) is 0 Å². The van der Waals surface area contributed by atoms with E-state index in [0.717, 1.165) is 0 Å². The summed E-state index contributed by atoms with van der Waals surface area (Å²) in [5, 5.41) is 5.24. The van der Waals surface area contributed by atoms with Gasteiger partial charge in [-0.05, 0) is 51.5 Å². The van der Waals surface area contributed by atoms with Gasteiger partial charge in [-0.1, -0.05) is 0 Å². The number of aryl methyl sites for hydroxylation is 1. The Morgan fingerprint density at radius 3 is 2.42 bits per heavy atom. The highest BCUT2D eigenvalue weighted by molar-refractivity contribution is 5.97. The molecule has 0 fully saturated rings. The molecule has 104 valence electrons. The molecule has 0 heterocycles. The number of amides is 2. The lowest BCUT2D eigenvalue weighted by molar-refractivity contribution is -0.121. The molecule has 2 N–H and O–H groups in total. The zero-order valence-corrected chi connectivity index (χ0v) is 11.6. The molecular formula is C14H19FN2O2. The molecule has 1 rings (SSSR count). The maximum Gasteiger partial charge on any atom is 0.251 e. The van der Waals surface area contributed by atoms with E-state index in [2.05, 4.69) is 10.6 Å². The molecule has 0 aliphatic carbocycles. The van der Waals surface area contributed by atoms with Crippen molar-refractivity contribution in [2.75, 3.05) is 6.54 Å². The van der Waals surface area contributed by atoms with E-state index in [1.165, 1.54) is 18.2 Å². The maximum absolute atomic E-state index is 12.9. The summed E-state index contributed by atoms with van der Waals surface area (Å²) in [4.78, 5) is 23.4. The SMILES string of the molecule is Cc1cc(F)ccc1C(=O)NCC(=O)NC(C)(C)C. The zero-order chi connectivity index (χ0) is 14.6. The summed E-state index contributed by atoms with van der Waals surface area (Å²) in [6, 6.07) is 3.91. The summed E-state index contributed by atoms with van der Waals surface area (Å²) in [6.07, 6.45) is 0. The summed E-state index contributed by atoms with van der Waals surface area (Å²) in [5.41, 5.74) is 0.562. The molecule has 19 heavy (non-hydrogen) atoms. The molecule has 0 atom stereocenters. The van der Waals surface area contributed by atoms with Crippen molar-refractivity contribution in [2.45, 2.75) is 33.2 Å². The summed E-state index contributed by atoms with van der Waals surface area (Å²) in [5.74, 6) is -1.04. The maximum atomic E-state index is 12.9. The van der Waals surface area contributed by atoms with E-state index in [4.69, 9.17) is 0 Å². The number of halogens is 1. The first kappa shape index (κ1) is 15.1. The minimum Gasteiger partial charge on any atom is -0.350 e. The highest BCUT2D eigenvalue weighted by Crippen LogP contribution is 2.09. The van der Waals surface area contributed by atoms with Crippen molar-refractivity contribution in [1.82, 2.24) is 10.6 Å². The van der Waals surface area contributed by atoms with Crippen LogP contribution in [0.5, 0.6) is 0 Å². The van der Waals surface area contributed by atoms with Crippen molar-refractivity contribution in [3.05, 3.63) is 35.1 Å². The van der Waals surface area contributed by atoms with Gasteiger partial charge in [0, 0.05) is 11.1 Å². The van der Waals surface area contributed by atoms with Gasteiger partial charge in [0.25, 0.3) is 5.91 Å². The topological polar surface area (TPSA) is 58.2 Å². The number of hydrogen-bond donors (Lipinski definition) is 2. The Balaban J connectivity index is 2.59. The van der Waals surface area contributed by atoms with Crippen molar-refractivity contribution in [2.24, 2.45) is 0 Å². The van der Waals surface area contributed by atoms with E-state index in [1.807, 2.05) is 20.8 Å². The predicted molar refractivity (Wildman–Crippen MR) is 71.4 cm³/mol. The second-order valence-corrected chi connectivity index (χ2v) is 5.44. The molecule has 5 heteroatoms. The van der Waals surface area contributed by atoms with Gasteiger partial charge in [0.2, 0.25) is 5.91 Å². The third kappa shape index (κ3) is 5.07. The van der Waals surface area contributed by atoms with Crippen molar-refractivity contribution < 1.29 is 14.0 Å². The first-order valence-electron chi connectivity index (χ1n) is 6.04. The van der Waals surface area contributed by atoms with Gasteiger partial charge in [0.1, 0.15) is 5.82 Å². The number of carbonyl (C=O) groups excluding carboxylic acids is 2. The monoisotopic (exact) mass is 266 g/mol. The Hall–Kier alpha value is -1.91. The van der Waals surface area contributed by atoms with Gasteiger partial charge in [0.05, 0.1) is 6.54 Å². The van der Waals surface area contributed by atoms with Crippen LogP contribution in [0, 0.1) is 12.7 Å². The quantitative estimate of drug-likeness (QED) is 0.876. The highest BCUT2D eigenvalue weighted by atomic mass is 19.1.